The Hall–Kier alpha value is -2.61. The molecule has 0 atom stereocenters. The van der Waals surface area contributed by atoms with Gasteiger partial charge in [0.1, 0.15) is 16.1 Å². The van der Waals surface area contributed by atoms with E-state index in [1.807, 2.05) is 30.1 Å². The van der Waals surface area contributed by atoms with Crippen LogP contribution in [0.1, 0.15) is 22.5 Å². The van der Waals surface area contributed by atoms with Crippen molar-refractivity contribution in [2.75, 3.05) is 18.0 Å². The summed E-state index contributed by atoms with van der Waals surface area (Å²) in [5.41, 5.74) is 0.896. The van der Waals surface area contributed by atoms with Crippen molar-refractivity contribution in [2.24, 2.45) is 7.05 Å². The van der Waals surface area contributed by atoms with Crippen LogP contribution in [-0.4, -0.2) is 39.6 Å². The number of carbonyl (C=O) groups excluding carboxylic acids is 1. The highest BCUT2D eigenvalue weighted by Crippen LogP contribution is 2.25. The summed E-state index contributed by atoms with van der Waals surface area (Å²) in [4.78, 5) is 24.0. The zero-order valence-electron chi connectivity index (χ0n) is 13.9. The van der Waals surface area contributed by atoms with Gasteiger partial charge in [-0.1, -0.05) is 0 Å². The Balaban J connectivity index is 1.34. The van der Waals surface area contributed by atoms with E-state index in [1.54, 1.807) is 18.7 Å². The minimum absolute atomic E-state index is 0.0531. The molecule has 4 heterocycles. The SMILES string of the molecule is Cn1ccnc1N1CCC(NC(=O)c2cnc(-c3ccoc3)s2)CC1. The number of aryl methyl sites for hydroxylation is 1. The maximum absolute atomic E-state index is 12.5. The average Bonchev–Trinajstić information content (AvgIpc) is 3.36. The molecule has 1 N–H and O–H groups in total. The number of anilines is 1. The molecule has 25 heavy (non-hydrogen) atoms. The van der Waals surface area contributed by atoms with E-state index < -0.39 is 0 Å². The van der Waals surface area contributed by atoms with Crippen molar-refractivity contribution in [3.05, 3.63) is 42.1 Å². The molecule has 1 aliphatic heterocycles. The Kier molecular flexibility index (Phi) is 4.27. The van der Waals surface area contributed by atoms with Gasteiger partial charge in [-0.15, -0.1) is 11.3 Å². The quantitative estimate of drug-likeness (QED) is 0.776. The van der Waals surface area contributed by atoms with Gasteiger partial charge in [-0.25, -0.2) is 9.97 Å². The van der Waals surface area contributed by atoms with E-state index in [4.69, 9.17) is 4.42 Å². The Bertz CT molecular complexity index is 846. The van der Waals surface area contributed by atoms with Gasteiger partial charge in [0.15, 0.2) is 0 Å². The van der Waals surface area contributed by atoms with Gasteiger partial charge in [0, 0.05) is 44.1 Å². The number of piperidine rings is 1. The molecule has 1 fully saturated rings. The smallest absolute Gasteiger partial charge is 0.263 e. The first-order valence-electron chi connectivity index (χ1n) is 8.22. The van der Waals surface area contributed by atoms with Crippen LogP contribution in [0.15, 0.2) is 41.6 Å². The average molecular weight is 357 g/mol. The van der Waals surface area contributed by atoms with Gasteiger partial charge >= 0.3 is 0 Å². The summed E-state index contributed by atoms with van der Waals surface area (Å²) in [5, 5.41) is 3.92. The van der Waals surface area contributed by atoms with Crippen LogP contribution < -0.4 is 10.2 Å². The first-order valence-corrected chi connectivity index (χ1v) is 9.04. The molecule has 3 aromatic rings. The number of carbonyl (C=O) groups is 1. The van der Waals surface area contributed by atoms with Crippen molar-refractivity contribution < 1.29 is 9.21 Å². The summed E-state index contributed by atoms with van der Waals surface area (Å²) in [6, 6.07) is 2.02. The molecule has 1 amide bonds. The van der Waals surface area contributed by atoms with Crippen LogP contribution in [0.4, 0.5) is 5.95 Å². The van der Waals surface area contributed by atoms with E-state index in [0.717, 1.165) is 42.5 Å². The van der Waals surface area contributed by atoms with Crippen molar-refractivity contribution in [1.82, 2.24) is 19.9 Å². The van der Waals surface area contributed by atoms with Crippen LogP contribution in [0.25, 0.3) is 10.6 Å². The molecule has 0 unspecified atom stereocenters. The Morgan fingerprint density at radius 3 is 2.88 bits per heavy atom. The fourth-order valence-electron chi connectivity index (χ4n) is 3.04. The predicted octanol–water partition coefficient (Wildman–Crippen LogP) is 2.54. The van der Waals surface area contributed by atoms with Gasteiger partial charge in [0.05, 0.1) is 12.5 Å². The lowest BCUT2D eigenvalue weighted by molar-refractivity contribution is 0.0935. The highest BCUT2D eigenvalue weighted by atomic mass is 32.1. The standard InChI is InChI=1S/C17H19N5O2S/c1-21-8-5-18-17(21)22-6-2-13(3-7-22)20-15(23)14-10-19-16(25-14)12-4-9-24-11-12/h4-5,8-11,13H,2-3,6-7H2,1H3,(H,20,23). The van der Waals surface area contributed by atoms with Gasteiger partial charge in [-0.2, -0.15) is 0 Å². The molecule has 0 aromatic carbocycles. The summed E-state index contributed by atoms with van der Waals surface area (Å²) in [6.45, 7) is 1.78. The third-order valence-corrected chi connectivity index (χ3v) is 5.45. The zero-order valence-corrected chi connectivity index (χ0v) is 14.7. The molecule has 1 saturated heterocycles. The number of hydrogen-bond donors (Lipinski definition) is 1. The van der Waals surface area contributed by atoms with Crippen LogP contribution in [0.3, 0.4) is 0 Å². The highest BCUT2D eigenvalue weighted by Gasteiger charge is 2.23. The largest absolute Gasteiger partial charge is 0.472 e. The van der Waals surface area contributed by atoms with Crippen molar-refractivity contribution in [2.45, 2.75) is 18.9 Å². The lowest BCUT2D eigenvalue weighted by Gasteiger charge is -2.32. The first-order chi connectivity index (χ1) is 12.2. The molecular weight excluding hydrogens is 338 g/mol. The topological polar surface area (TPSA) is 76.2 Å². The number of thiazole rings is 1. The second-order valence-electron chi connectivity index (χ2n) is 6.11. The Morgan fingerprint density at radius 1 is 1.36 bits per heavy atom. The maximum atomic E-state index is 12.5. The number of amides is 1. The van der Waals surface area contributed by atoms with Crippen LogP contribution in [0.5, 0.6) is 0 Å². The number of nitrogens with one attached hydrogen (secondary N) is 1. The number of aromatic nitrogens is 3. The Morgan fingerprint density at radius 2 is 2.20 bits per heavy atom. The maximum Gasteiger partial charge on any atom is 0.263 e. The second kappa shape index (κ2) is 6.72. The lowest BCUT2D eigenvalue weighted by atomic mass is 10.1. The van der Waals surface area contributed by atoms with Crippen molar-refractivity contribution in [3.8, 4) is 10.6 Å². The third kappa shape index (κ3) is 3.30. The van der Waals surface area contributed by atoms with Crippen LogP contribution in [0.2, 0.25) is 0 Å². The van der Waals surface area contributed by atoms with E-state index in [-0.39, 0.29) is 11.9 Å². The van der Waals surface area contributed by atoms with E-state index in [9.17, 15) is 4.79 Å². The highest BCUT2D eigenvalue weighted by molar-refractivity contribution is 7.16. The normalized spacial score (nSPS) is 15.5. The first kappa shape index (κ1) is 15.9. The van der Waals surface area contributed by atoms with Crippen molar-refractivity contribution in [1.29, 1.82) is 0 Å². The molecule has 1 aliphatic rings. The number of rotatable bonds is 4. The van der Waals surface area contributed by atoms with Gasteiger partial charge in [0.2, 0.25) is 5.95 Å². The van der Waals surface area contributed by atoms with Crippen LogP contribution in [0, 0.1) is 0 Å². The number of imidazole rings is 1. The molecule has 0 spiro atoms. The minimum atomic E-state index is -0.0531. The van der Waals surface area contributed by atoms with Crippen molar-refractivity contribution >= 4 is 23.2 Å². The molecule has 0 aliphatic carbocycles. The summed E-state index contributed by atoms with van der Waals surface area (Å²) < 4.78 is 7.09. The molecule has 3 aromatic heterocycles. The fraction of sp³-hybridized carbons (Fsp3) is 0.353. The van der Waals surface area contributed by atoms with Crippen LogP contribution in [-0.2, 0) is 7.05 Å². The van der Waals surface area contributed by atoms with E-state index >= 15 is 0 Å². The van der Waals surface area contributed by atoms with E-state index in [0.29, 0.717) is 4.88 Å². The van der Waals surface area contributed by atoms with Gasteiger partial charge < -0.3 is 19.2 Å². The summed E-state index contributed by atoms with van der Waals surface area (Å²) in [7, 11) is 2.00. The third-order valence-electron chi connectivity index (χ3n) is 4.41. The molecule has 7 nitrogen and oxygen atoms in total. The van der Waals surface area contributed by atoms with Gasteiger partial charge in [-0.3, -0.25) is 4.79 Å². The van der Waals surface area contributed by atoms with Gasteiger partial charge in [0.25, 0.3) is 5.91 Å². The van der Waals surface area contributed by atoms with Crippen molar-refractivity contribution in [3.63, 3.8) is 0 Å². The molecular formula is C17H19N5O2S. The molecule has 8 heteroatoms. The van der Waals surface area contributed by atoms with Crippen LogP contribution >= 0.6 is 11.3 Å². The lowest BCUT2D eigenvalue weighted by Crippen LogP contribution is -2.45. The summed E-state index contributed by atoms with van der Waals surface area (Å²) in [6.07, 6.45) is 10.4. The predicted molar refractivity (Wildman–Crippen MR) is 95.7 cm³/mol. The monoisotopic (exact) mass is 357 g/mol. The molecule has 0 radical (unpaired) electrons. The number of hydrogen-bond acceptors (Lipinski definition) is 6. The fourth-order valence-corrected chi connectivity index (χ4v) is 3.85. The molecule has 0 saturated carbocycles. The Labute approximate surface area is 149 Å². The molecule has 0 bridgehead atoms. The second-order valence-corrected chi connectivity index (χ2v) is 7.15. The minimum Gasteiger partial charge on any atom is -0.472 e. The number of nitrogens with zero attached hydrogens (tertiary/aromatic N) is 4. The molecule has 4 rings (SSSR count). The summed E-state index contributed by atoms with van der Waals surface area (Å²) in [5.74, 6) is 0.930. The summed E-state index contributed by atoms with van der Waals surface area (Å²) >= 11 is 1.38. The number of furan rings is 1. The van der Waals surface area contributed by atoms with E-state index in [1.165, 1.54) is 11.3 Å². The van der Waals surface area contributed by atoms with Gasteiger partial charge in [-0.05, 0) is 18.9 Å². The molecule has 130 valence electrons. The zero-order chi connectivity index (χ0) is 17.2. The van der Waals surface area contributed by atoms with E-state index in [2.05, 4.69) is 20.2 Å².